The van der Waals surface area contributed by atoms with Gasteiger partial charge in [-0.1, -0.05) is 57.8 Å². The van der Waals surface area contributed by atoms with E-state index >= 15 is 0 Å². The van der Waals surface area contributed by atoms with E-state index in [1.807, 2.05) is 0 Å². The number of pyridine rings is 1. The lowest BCUT2D eigenvalue weighted by Gasteiger charge is -2.25. The van der Waals surface area contributed by atoms with Crippen LogP contribution in [0.5, 0.6) is 5.75 Å². The Labute approximate surface area is 158 Å². The molecule has 1 aromatic carbocycles. The summed E-state index contributed by atoms with van der Waals surface area (Å²) in [6.45, 7) is 11.6. The van der Waals surface area contributed by atoms with Crippen LogP contribution >= 0.6 is 23.2 Å². The summed E-state index contributed by atoms with van der Waals surface area (Å²) in [4.78, 5) is 13.1. The Bertz CT molecular complexity index is 836. The maximum atomic E-state index is 13.1. The smallest absolute Gasteiger partial charge is 0.258 e. The number of hydrogen-bond donors (Lipinski definition) is 1. The van der Waals surface area contributed by atoms with E-state index in [0.29, 0.717) is 51.3 Å². The molecule has 0 spiro atoms. The summed E-state index contributed by atoms with van der Waals surface area (Å²) < 4.78 is 7.78. The standard InChI is InChI=1S/C19H26Cl2N2O2/c1-11(2)9-25-17-12-6-14(20)15(21)7-13(12)18(24)23(16(17)8-22)10-19(3,4)5/h6-7,11H,8-10,22H2,1-5H3. The lowest BCUT2D eigenvalue weighted by molar-refractivity contribution is 0.264. The molecule has 2 N–H and O–H groups in total. The van der Waals surface area contributed by atoms with Gasteiger partial charge < -0.3 is 15.0 Å². The molecule has 2 rings (SSSR count). The van der Waals surface area contributed by atoms with Gasteiger partial charge in [-0.25, -0.2) is 0 Å². The number of fused-ring (bicyclic) bond motifs is 1. The van der Waals surface area contributed by atoms with Gasteiger partial charge in [0.05, 0.1) is 27.7 Å². The van der Waals surface area contributed by atoms with Gasteiger partial charge in [0.15, 0.2) is 0 Å². The molecule has 2 aromatic rings. The van der Waals surface area contributed by atoms with Gasteiger partial charge in [0.1, 0.15) is 5.75 Å². The molecular formula is C19H26Cl2N2O2. The normalized spacial score (nSPS) is 12.2. The van der Waals surface area contributed by atoms with Crippen LogP contribution in [-0.2, 0) is 13.1 Å². The highest BCUT2D eigenvalue weighted by molar-refractivity contribution is 6.42. The first kappa shape index (κ1) is 20.1. The predicted octanol–water partition coefficient (Wildman–Crippen LogP) is 4.85. The fourth-order valence-corrected chi connectivity index (χ4v) is 3.04. The largest absolute Gasteiger partial charge is 0.491 e. The maximum Gasteiger partial charge on any atom is 0.258 e. The Balaban J connectivity index is 2.85. The molecule has 0 amide bonds. The Morgan fingerprint density at radius 2 is 1.72 bits per heavy atom. The highest BCUT2D eigenvalue weighted by Gasteiger charge is 2.22. The zero-order chi connectivity index (χ0) is 18.9. The fraction of sp³-hybridized carbons (Fsp3) is 0.526. The van der Waals surface area contributed by atoms with Crippen LogP contribution in [0.3, 0.4) is 0 Å². The van der Waals surface area contributed by atoms with Gasteiger partial charge in [-0.05, 0) is 23.5 Å². The summed E-state index contributed by atoms with van der Waals surface area (Å²) >= 11 is 12.3. The van der Waals surface area contributed by atoms with Gasteiger partial charge in [-0.2, -0.15) is 0 Å². The van der Waals surface area contributed by atoms with Crippen molar-refractivity contribution in [3.8, 4) is 5.75 Å². The molecule has 0 saturated carbocycles. The number of benzene rings is 1. The van der Waals surface area contributed by atoms with Crippen LogP contribution in [0.25, 0.3) is 10.8 Å². The van der Waals surface area contributed by atoms with Crippen molar-refractivity contribution in [1.29, 1.82) is 0 Å². The van der Waals surface area contributed by atoms with E-state index < -0.39 is 0 Å². The van der Waals surface area contributed by atoms with Crippen molar-refractivity contribution in [3.63, 3.8) is 0 Å². The highest BCUT2D eigenvalue weighted by atomic mass is 35.5. The quantitative estimate of drug-likeness (QED) is 0.801. The van der Waals surface area contributed by atoms with E-state index in [1.54, 1.807) is 16.7 Å². The van der Waals surface area contributed by atoms with Crippen LogP contribution in [0.1, 0.15) is 40.3 Å². The van der Waals surface area contributed by atoms with Crippen molar-refractivity contribution in [3.05, 3.63) is 38.2 Å². The van der Waals surface area contributed by atoms with Crippen LogP contribution in [0.2, 0.25) is 10.0 Å². The van der Waals surface area contributed by atoms with Crippen molar-refractivity contribution in [2.24, 2.45) is 17.1 Å². The minimum atomic E-state index is -0.124. The summed E-state index contributed by atoms with van der Waals surface area (Å²) in [5, 5.41) is 1.89. The lowest BCUT2D eigenvalue weighted by atomic mass is 9.96. The van der Waals surface area contributed by atoms with Crippen LogP contribution in [0.15, 0.2) is 16.9 Å². The first-order chi connectivity index (χ1) is 11.5. The first-order valence-electron chi connectivity index (χ1n) is 8.42. The number of halogens is 2. The van der Waals surface area contributed by atoms with E-state index in [2.05, 4.69) is 34.6 Å². The summed E-state index contributed by atoms with van der Waals surface area (Å²) in [5.41, 5.74) is 6.48. The Kier molecular flexibility index (Phi) is 6.08. The van der Waals surface area contributed by atoms with E-state index in [4.69, 9.17) is 33.7 Å². The van der Waals surface area contributed by atoms with Crippen molar-refractivity contribution < 1.29 is 4.74 Å². The van der Waals surface area contributed by atoms with Gasteiger partial charge in [0.25, 0.3) is 5.56 Å². The van der Waals surface area contributed by atoms with Crippen molar-refractivity contribution in [2.75, 3.05) is 6.61 Å². The maximum absolute atomic E-state index is 13.1. The molecule has 0 aliphatic heterocycles. The highest BCUT2D eigenvalue weighted by Crippen LogP contribution is 2.34. The molecule has 0 saturated heterocycles. The lowest BCUT2D eigenvalue weighted by Crippen LogP contribution is -2.31. The minimum absolute atomic E-state index is 0.0903. The van der Waals surface area contributed by atoms with Crippen LogP contribution in [-0.4, -0.2) is 11.2 Å². The molecule has 0 atom stereocenters. The minimum Gasteiger partial charge on any atom is -0.491 e. The SMILES string of the molecule is CC(C)COc1c(CN)n(CC(C)(C)C)c(=O)c2cc(Cl)c(Cl)cc12. The molecule has 0 aliphatic carbocycles. The Morgan fingerprint density at radius 1 is 1.16 bits per heavy atom. The molecule has 1 aromatic heterocycles. The van der Waals surface area contributed by atoms with Gasteiger partial charge in [0, 0.05) is 18.5 Å². The molecule has 0 fully saturated rings. The third-order valence-corrected chi connectivity index (χ3v) is 4.48. The van der Waals surface area contributed by atoms with E-state index in [0.717, 1.165) is 0 Å². The van der Waals surface area contributed by atoms with Gasteiger partial charge in [-0.3, -0.25) is 4.79 Å². The van der Waals surface area contributed by atoms with Gasteiger partial charge >= 0.3 is 0 Å². The number of hydrogen-bond acceptors (Lipinski definition) is 3. The molecule has 0 bridgehead atoms. The second-order valence-corrected chi connectivity index (χ2v) is 8.76. The number of aromatic nitrogens is 1. The molecule has 6 heteroatoms. The fourth-order valence-electron chi connectivity index (χ4n) is 2.71. The predicted molar refractivity (Wildman–Crippen MR) is 106 cm³/mol. The van der Waals surface area contributed by atoms with Crippen molar-refractivity contribution in [1.82, 2.24) is 4.57 Å². The molecule has 25 heavy (non-hydrogen) atoms. The second-order valence-electron chi connectivity index (χ2n) is 7.95. The molecule has 0 radical (unpaired) electrons. The topological polar surface area (TPSA) is 57.2 Å². The average Bonchev–Trinajstić information content (AvgIpc) is 2.49. The average molecular weight is 385 g/mol. The van der Waals surface area contributed by atoms with Gasteiger partial charge in [0.2, 0.25) is 0 Å². The first-order valence-corrected chi connectivity index (χ1v) is 9.18. The number of ether oxygens (including phenoxy) is 1. The third kappa shape index (κ3) is 4.49. The number of rotatable bonds is 5. The van der Waals surface area contributed by atoms with E-state index in [-0.39, 0.29) is 17.5 Å². The number of nitrogens with two attached hydrogens (primary N) is 1. The van der Waals surface area contributed by atoms with Crippen LogP contribution < -0.4 is 16.0 Å². The van der Waals surface area contributed by atoms with Crippen molar-refractivity contribution >= 4 is 34.0 Å². The summed E-state index contributed by atoms with van der Waals surface area (Å²) in [6.07, 6.45) is 0. The zero-order valence-corrected chi connectivity index (χ0v) is 17.0. The van der Waals surface area contributed by atoms with Gasteiger partial charge in [-0.15, -0.1) is 0 Å². The van der Waals surface area contributed by atoms with Crippen molar-refractivity contribution in [2.45, 2.75) is 47.7 Å². The summed E-state index contributed by atoms with van der Waals surface area (Å²) in [6, 6.07) is 3.31. The Morgan fingerprint density at radius 3 is 2.20 bits per heavy atom. The van der Waals surface area contributed by atoms with Crippen LogP contribution in [0.4, 0.5) is 0 Å². The van der Waals surface area contributed by atoms with Crippen LogP contribution in [0, 0.1) is 11.3 Å². The number of nitrogens with zero attached hydrogens (tertiary/aromatic N) is 1. The Hall–Kier alpha value is -1.23. The molecular weight excluding hydrogens is 359 g/mol. The van der Waals surface area contributed by atoms with E-state index in [1.165, 1.54) is 0 Å². The molecule has 0 unspecified atom stereocenters. The second kappa shape index (κ2) is 7.56. The summed E-state index contributed by atoms with van der Waals surface area (Å²) in [5.74, 6) is 0.958. The molecule has 0 aliphatic rings. The molecule has 1 heterocycles. The molecule has 138 valence electrons. The third-order valence-electron chi connectivity index (χ3n) is 3.76. The van der Waals surface area contributed by atoms with E-state index in [9.17, 15) is 4.79 Å². The molecule has 4 nitrogen and oxygen atoms in total. The monoisotopic (exact) mass is 384 g/mol. The summed E-state index contributed by atoms with van der Waals surface area (Å²) in [7, 11) is 0. The zero-order valence-electron chi connectivity index (χ0n) is 15.5.